The minimum Gasteiger partial charge on any atom is -0.394 e. The number of hydrogen-bond acceptors (Lipinski definition) is 4. The second kappa shape index (κ2) is 6.15. The molecule has 2 heterocycles. The van der Waals surface area contributed by atoms with E-state index in [1.165, 1.54) is 0 Å². The van der Waals surface area contributed by atoms with Crippen LogP contribution < -0.4 is 5.32 Å². The lowest BCUT2D eigenvalue weighted by molar-refractivity contribution is -0.137. The number of nitrogens with one attached hydrogen (secondary N) is 1. The highest BCUT2D eigenvalue weighted by molar-refractivity contribution is 5.90. The van der Waals surface area contributed by atoms with E-state index >= 15 is 0 Å². The molecule has 2 saturated heterocycles. The molecule has 0 aromatic rings. The summed E-state index contributed by atoms with van der Waals surface area (Å²) in [5.41, 5.74) is 0. The molecule has 2 N–H and O–H groups in total. The maximum atomic E-state index is 12.1. The van der Waals surface area contributed by atoms with Crippen molar-refractivity contribution in [2.24, 2.45) is 0 Å². The zero-order chi connectivity index (χ0) is 13.0. The normalized spacial score (nSPS) is 25.3. The van der Waals surface area contributed by atoms with Gasteiger partial charge in [-0.2, -0.15) is 0 Å². The van der Waals surface area contributed by atoms with Crippen LogP contribution in [0.4, 0.5) is 0 Å². The number of rotatable bonds is 4. The Morgan fingerprint density at radius 1 is 1.39 bits per heavy atom. The van der Waals surface area contributed by atoms with Gasteiger partial charge in [0, 0.05) is 19.5 Å². The summed E-state index contributed by atoms with van der Waals surface area (Å²) in [4.78, 5) is 25.0. The predicted molar refractivity (Wildman–Crippen MR) is 63.8 cm³/mol. The molecule has 0 unspecified atom stereocenters. The molecule has 2 aliphatic heterocycles. The lowest BCUT2D eigenvalue weighted by Crippen LogP contribution is -2.48. The topological polar surface area (TPSA) is 78.9 Å². The Balaban J connectivity index is 1.75. The van der Waals surface area contributed by atoms with Gasteiger partial charge in [-0.1, -0.05) is 0 Å². The Kier molecular flexibility index (Phi) is 4.54. The summed E-state index contributed by atoms with van der Waals surface area (Å²) in [5, 5.41) is 11.4. The predicted octanol–water partition coefficient (Wildman–Crippen LogP) is -0.735. The van der Waals surface area contributed by atoms with Gasteiger partial charge in [0.1, 0.15) is 6.04 Å². The molecule has 0 aliphatic carbocycles. The number of carbonyl (C=O) groups is 2. The van der Waals surface area contributed by atoms with Crippen molar-refractivity contribution in [1.29, 1.82) is 0 Å². The third-order valence-electron chi connectivity index (χ3n) is 3.49. The molecule has 102 valence electrons. The molecule has 0 spiro atoms. The molecule has 2 rings (SSSR count). The van der Waals surface area contributed by atoms with Gasteiger partial charge in [0.25, 0.3) is 0 Å². The monoisotopic (exact) mass is 256 g/mol. The molecular weight excluding hydrogens is 236 g/mol. The number of aliphatic hydroxyl groups excluding tert-OH is 1. The van der Waals surface area contributed by atoms with E-state index in [0.717, 1.165) is 12.8 Å². The molecule has 2 aliphatic rings. The lowest BCUT2D eigenvalue weighted by Gasteiger charge is -2.33. The first-order valence-corrected chi connectivity index (χ1v) is 6.51. The zero-order valence-electron chi connectivity index (χ0n) is 10.4. The van der Waals surface area contributed by atoms with Crippen LogP contribution in [0.1, 0.15) is 25.7 Å². The van der Waals surface area contributed by atoms with Crippen LogP contribution in [-0.4, -0.2) is 60.3 Å². The number of hydrogen-bond donors (Lipinski definition) is 2. The average Bonchev–Trinajstić information content (AvgIpc) is 2.83. The maximum absolute atomic E-state index is 12.1. The first kappa shape index (κ1) is 13.3. The van der Waals surface area contributed by atoms with Gasteiger partial charge in [-0.3, -0.25) is 9.59 Å². The number of ether oxygens (including phenoxy) is 1. The lowest BCUT2D eigenvalue weighted by atomic mass is 10.1. The molecular formula is C12H20N2O4. The van der Waals surface area contributed by atoms with Crippen LogP contribution in [-0.2, 0) is 14.3 Å². The summed E-state index contributed by atoms with van der Waals surface area (Å²) in [6.45, 7) is 1.73. The summed E-state index contributed by atoms with van der Waals surface area (Å²) in [6.07, 6.45) is 2.79. The fourth-order valence-electron chi connectivity index (χ4n) is 2.48. The van der Waals surface area contributed by atoms with Gasteiger partial charge in [-0.05, 0) is 19.3 Å². The van der Waals surface area contributed by atoms with Crippen molar-refractivity contribution in [3.63, 3.8) is 0 Å². The summed E-state index contributed by atoms with van der Waals surface area (Å²) >= 11 is 0. The van der Waals surface area contributed by atoms with Gasteiger partial charge in [0.05, 0.1) is 19.3 Å². The first-order valence-electron chi connectivity index (χ1n) is 6.51. The number of aliphatic hydroxyl groups is 1. The van der Waals surface area contributed by atoms with Gasteiger partial charge in [-0.25, -0.2) is 0 Å². The fraction of sp³-hybridized carbons (Fsp3) is 0.833. The Morgan fingerprint density at radius 2 is 2.11 bits per heavy atom. The highest BCUT2D eigenvalue weighted by Gasteiger charge is 2.32. The highest BCUT2D eigenvalue weighted by Crippen LogP contribution is 2.17. The molecule has 6 heteroatoms. The highest BCUT2D eigenvalue weighted by atomic mass is 16.5. The van der Waals surface area contributed by atoms with E-state index in [9.17, 15) is 9.59 Å². The van der Waals surface area contributed by atoms with E-state index in [-0.39, 0.29) is 30.6 Å². The van der Waals surface area contributed by atoms with Gasteiger partial charge in [-0.15, -0.1) is 0 Å². The third-order valence-corrected chi connectivity index (χ3v) is 3.49. The van der Waals surface area contributed by atoms with Crippen LogP contribution in [0.15, 0.2) is 0 Å². The molecule has 0 radical (unpaired) electrons. The van der Waals surface area contributed by atoms with Gasteiger partial charge in [0.2, 0.25) is 11.8 Å². The van der Waals surface area contributed by atoms with E-state index in [0.29, 0.717) is 32.5 Å². The minimum atomic E-state index is -0.326. The Hall–Kier alpha value is -1.14. The summed E-state index contributed by atoms with van der Waals surface area (Å²) in [5.74, 6) is -0.00373. The van der Waals surface area contributed by atoms with Crippen molar-refractivity contribution in [2.75, 3.05) is 26.3 Å². The number of carbonyl (C=O) groups excluding carboxylic acids is 2. The average molecular weight is 256 g/mol. The van der Waals surface area contributed by atoms with Crippen molar-refractivity contribution >= 4 is 11.8 Å². The molecule has 0 bridgehead atoms. The second-order valence-corrected chi connectivity index (χ2v) is 4.78. The molecule has 1 atom stereocenters. The van der Waals surface area contributed by atoms with Gasteiger partial charge >= 0.3 is 0 Å². The van der Waals surface area contributed by atoms with Crippen molar-refractivity contribution < 1.29 is 19.4 Å². The smallest absolute Gasteiger partial charge is 0.245 e. The molecule has 2 amide bonds. The number of likely N-dealkylation sites (tertiary alicyclic amines) is 1. The van der Waals surface area contributed by atoms with Crippen LogP contribution in [0.25, 0.3) is 0 Å². The van der Waals surface area contributed by atoms with Crippen molar-refractivity contribution in [2.45, 2.75) is 37.8 Å². The van der Waals surface area contributed by atoms with Crippen LogP contribution in [0, 0.1) is 0 Å². The fourth-order valence-corrected chi connectivity index (χ4v) is 2.48. The molecule has 18 heavy (non-hydrogen) atoms. The van der Waals surface area contributed by atoms with Gasteiger partial charge < -0.3 is 20.1 Å². The van der Waals surface area contributed by atoms with Crippen LogP contribution in [0.5, 0.6) is 0 Å². The Bertz CT molecular complexity index is 313. The first-order chi connectivity index (χ1) is 8.70. The molecule has 0 aromatic carbocycles. The standard InChI is InChI=1S/C12H20N2O4/c15-7-8-18-9-3-5-14(6-4-9)12(17)10-1-2-11(16)13-10/h9-10,15H,1-8H2,(H,13,16)/t10-/m1/s1. The molecule has 0 aromatic heterocycles. The molecule has 6 nitrogen and oxygen atoms in total. The largest absolute Gasteiger partial charge is 0.394 e. The van der Waals surface area contributed by atoms with Crippen LogP contribution in [0.3, 0.4) is 0 Å². The van der Waals surface area contributed by atoms with Gasteiger partial charge in [0.15, 0.2) is 0 Å². The van der Waals surface area contributed by atoms with E-state index in [2.05, 4.69) is 5.32 Å². The quantitative estimate of drug-likeness (QED) is 0.695. The van der Waals surface area contributed by atoms with Crippen LogP contribution in [0.2, 0.25) is 0 Å². The summed E-state index contributed by atoms with van der Waals surface area (Å²) in [7, 11) is 0. The third kappa shape index (κ3) is 3.20. The number of amides is 2. The second-order valence-electron chi connectivity index (χ2n) is 4.78. The van der Waals surface area contributed by atoms with Crippen LogP contribution >= 0.6 is 0 Å². The van der Waals surface area contributed by atoms with E-state index in [1.807, 2.05) is 0 Å². The maximum Gasteiger partial charge on any atom is 0.245 e. The van der Waals surface area contributed by atoms with E-state index in [1.54, 1.807) is 4.90 Å². The van der Waals surface area contributed by atoms with Crippen molar-refractivity contribution in [3.05, 3.63) is 0 Å². The van der Waals surface area contributed by atoms with Crippen molar-refractivity contribution in [3.8, 4) is 0 Å². The number of nitrogens with zero attached hydrogens (tertiary/aromatic N) is 1. The van der Waals surface area contributed by atoms with Crippen molar-refractivity contribution in [1.82, 2.24) is 10.2 Å². The molecule has 2 fully saturated rings. The SMILES string of the molecule is O=C1CC[C@H](C(=O)N2CCC(OCCO)CC2)N1. The molecule has 0 saturated carbocycles. The van der Waals surface area contributed by atoms with E-state index < -0.39 is 0 Å². The summed E-state index contributed by atoms with van der Waals surface area (Å²) < 4.78 is 5.44. The Morgan fingerprint density at radius 3 is 2.67 bits per heavy atom. The Labute approximate surface area is 106 Å². The summed E-state index contributed by atoms with van der Waals surface area (Å²) in [6, 6.07) is -0.326. The number of piperidine rings is 1. The van der Waals surface area contributed by atoms with E-state index in [4.69, 9.17) is 9.84 Å². The zero-order valence-corrected chi connectivity index (χ0v) is 10.4. The minimum absolute atomic E-state index is 0.0291.